The molecule has 4 heteroatoms. The van der Waals surface area contributed by atoms with Crippen molar-refractivity contribution in [1.82, 2.24) is 10.2 Å². The number of amides is 1. The summed E-state index contributed by atoms with van der Waals surface area (Å²) in [5.74, 6) is 0.682. The highest BCUT2D eigenvalue weighted by Crippen LogP contribution is 2.11. The summed E-state index contributed by atoms with van der Waals surface area (Å²) >= 11 is 0. The van der Waals surface area contributed by atoms with Crippen LogP contribution in [0.2, 0.25) is 0 Å². The first-order chi connectivity index (χ1) is 7.61. The van der Waals surface area contributed by atoms with E-state index in [2.05, 4.69) is 24.1 Å². The number of hydrogen-bond donors (Lipinski definition) is 1. The predicted octanol–water partition coefficient (Wildman–Crippen LogP) is 1.85. The molecule has 0 radical (unpaired) electrons. The van der Waals surface area contributed by atoms with Crippen LogP contribution in [0.15, 0.2) is 0 Å². The fraction of sp³-hybridized carbons (Fsp3) is 0.917. The zero-order valence-electron chi connectivity index (χ0n) is 10.7. The van der Waals surface area contributed by atoms with Gasteiger partial charge in [-0.3, -0.25) is 0 Å². The molecule has 1 amide bonds. The minimum atomic E-state index is -0.279. The minimum Gasteiger partial charge on any atom is -0.450 e. The van der Waals surface area contributed by atoms with E-state index in [0.29, 0.717) is 12.5 Å². The molecule has 1 N–H and O–H groups in total. The van der Waals surface area contributed by atoms with Crippen molar-refractivity contribution in [1.29, 1.82) is 0 Å². The lowest BCUT2D eigenvalue weighted by molar-refractivity contribution is 0.131. The number of nitrogens with one attached hydrogen (secondary N) is 1. The molecule has 1 unspecified atom stereocenters. The van der Waals surface area contributed by atoms with Crippen LogP contribution in [-0.2, 0) is 4.74 Å². The van der Waals surface area contributed by atoms with Crippen molar-refractivity contribution in [3.8, 4) is 0 Å². The number of hydrogen-bond acceptors (Lipinski definition) is 3. The summed E-state index contributed by atoms with van der Waals surface area (Å²) in [4.78, 5) is 13.7. The van der Waals surface area contributed by atoms with Crippen LogP contribution in [0, 0.1) is 5.92 Å². The predicted molar refractivity (Wildman–Crippen MR) is 64.5 cm³/mol. The topological polar surface area (TPSA) is 41.6 Å². The van der Waals surface area contributed by atoms with Gasteiger partial charge in [0.2, 0.25) is 0 Å². The maximum atomic E-state index is 11.3. The fourth-order valence-electron chi connectivity index (χ4n) is 2.20. The van der Waals surface area contributed by atoms with Crippen molar-refractivity contribution in [3.63, 3.8) is 0 Å². The van der Waals surface area contributed by atoms with E-state index in [9.17, 15) is 4.79 Å². The van der Waals surface area contributed by atoms with E-state index in [1.165, 1.54) is 0 Å². The molecule has 0 spiro atoms. The molecular formula is C12H24N2O2. The second-order valence-electron chi connectivity index (χ2n) is 4.86. The van der Waals surface area contributed by atoms with Gasteiger partial charge in [0.05, 0.1) is 6.61 Å². The Kier molecular flexibility index (Phi) is 5.60. The minimum absolute atomic E-state index is 0.256. The van der Waals surface area contributed by atoms with Crippen LogP contribution in [0.25, 0.3) is 0 Å². The van der Waals surface area contributed by atoms with E-state index >= 15 is 0 Å². The van der Waals surface area contributed by atoms with Crippen molar-refractivity contribution < 1.29 is 9.53 Å². The standard InChI is InChI=1S/C12H24N2O2/c1-4-16-12(15)13-11-6-5-7-14(9-11)8-10(2)3/h10-11H,4-9H2,1-3H3,(H,13,15). The number of rotatable bonds is 4. The zero-order valence-corrected chi connectivity index (χ0v) is 10.7. The smallest absolute Gasteiger partial charge is 0.407 e. The number of ether oxygens (including phenoxy) is 1. The lowest BCUT2D eigenvalue weighted by Crippen LogP contribution is -2.48. The Hall–Kier alpha value is -0.770. The van der Waals surface area contributed by atoms with Crippen LogP contribution in [0.3, 0.4) is 0 Å². The summed E-state index contributed by atoms with van der Waals surface area (Å²) in [5, 5.41) is 2.92. The van der Waals surface area contributed by atoms with Gasteiger partial charge in [-0.25, -0.2) is 4.79 Å². The monoisotopic (exact) mass is 228 g/mol. The van der Waals surface area contributed by atoms with Crippen LogP contribution in [0.4, 0.5) is 4.79 Å². The lowest BCUT2D eigenvalue weighted by Gasteiger charge is -2.33. The van der Waals surface area contributed by atoms with Crippen molar-refractivity contribution in [2.45, 2.75) is 39.7 Å². The average Bonchev–Trinajstić information content (AvgIpc) is 2.17. The van der Waals surface area contributed by atoms with Crippen LogP contribution in [0.1, 0.15) is 33.6 Å². The van der Waals surface area contributed by atoms with Gasteiger partial charge in [0.25, 0.3) is 0 Å². The largest absolute Gasteiger partial charge is 0.450 e. The first-order valence-electron chi connectivity index (χ1n) is 6.27. The molecule has 0 aromatic heterocycles. The third kappa shape index (κ3) is 4.84. The number of likely N-dealkylation sites (tertiary alicyclic amines) is 1. The fourth-order valence-corrected chi connectivity index (χ4v) is 2.20. The summed E-state index contributed by atoms with van der Waals surface area (Å²) in [6.45, 7) is 9.93. The number of carbonyl (C=O) groups is 1. The molecule has 0 bridgehead atoms. The van der Waals surface area contributed by atoms with Gasteiger partial charge in [0, 0.05) is 19.1 Å². The molecular weight excluding hydrogens is 204 g/mol. The molecule has 0 aliphatic carbocycles. The van der Waals surface area contributed by atoms with Gasteiger partial charge < -0.3 is 15.0 Å². The van der Waals surface area contributed by atoms with E-state index in [1.54, 1.807) is 0 Å². The van der Waals surface area contributed by atoms with Crippen LogP contribution in [0.5, 0.6) is 0 Å². The molecule has 1 atom stereocenters. The Morgan fingerprint density at radius 3 is 2.94 bits per heavy atom. The molecule has 1 aliphatic rings. The number of carbonyl (C=O) groups excluding carboxylic acids is 1. The van der Waals surface area contributed by atoms with Crippen LogP contribution >= 0.6 is 0 Å². The molecule has 1 saturated heterocycles. The molecule has 16 heavy (non-hydrogen) atoms. The molecule has 4 nitrogen and oxygen atoms in total. The molecule has 1 aliphatic heterocycles. The molecule has 94 valence electrons. The Bertz CT molecular complexity index is 219. The number of alkyl carbamates (subject to hydrolysis) is 1. The van der Waals surface area contributed by atoms with Crippen molar-refractivity contribution in [2.24, 2.45) is 5.92 Å². The van der Waals surface area contributed by atoms with Crippen molar-refractivity contribution in [3.05, 3.63) is 0 Å². The third-order valence-corrected chi connectivity index (χ3v) is 2.73. The van der Waals surface area contributed by atoms with Gasteiger partial charge in [0.1, 0.15) is 0 Å². The average molecular weight is 228 g/mol. The van der Waals surface area contributed by atoms with Crippen molar-refractivity contribution in [2.75, 3.05) is 26.2 Å². The van der Waals surface area contributed by atoms with E-state index in [-0.39, 0.29) is 12.1 Å². The Balaban J connectivity index is 2.29. The van der Waals surface area contributed by atoms with E-state index < -0.39 is 0 Å². The zero-order chi connectivity index (χ0) is 12.0. The highest BCUT2D eigenvalue weighted by molar-refractivity contribution is 5.67. The Morgan fingerprint density at radius 1 is 1.56 bits per heavy atom. The van der Waals surface area contributed by atoms with Gasteiger partial charge in [-0.2, -0.15) is 0 Å². The molecule has 0 saturated carbocycles. The number of piperidine rings is 1. The highest BCUT2D eigenvalue weighted by atomic mass is 16.5. The lowest BCUT2D eigenvalue weighted by atomic mass is 10.0. The SMILES string of the molecule is CCOC(=O)NC1CCCN(CC(C)C)C1. The third-order valence-electron chi connectivity index (χ3n) is 2.73. The van der Waals surface area contributed by atoms with Gasteiger partial charge >= 0.3 is 6.09 Å². The maximum Gasteiger partial charge on any atom is 0.407 e. The summed E-state index contributed by atoms with van der Waals surface area (Å²) in [5.41, 5.74) is 0. The van der Waals surface area contributed by atoms with Crippen LogP contribution in [-0.4, -0.2) is 43.3 Å². The van der Waals surface area contributed by atoms with E-state index in [4.69, 9.17) is 4.74 Å². The first-order valence-corrected chi connectivity index (χ1v) is 6.27. The summed E-state index contributed by atoms with van der Waals surface area (Å²) in [7, 11) is 0. The van der Waals surface area contributed by atoms with Gasteiger partial charge in [-0.05, 0) is 32.2 Å². The van der Waals surface area contributed by atoms with E-state index in [1.807, 2.05) is 6.92 Å². The molecule has 0 aromatic carbocycles. The number of nitrogens with zero attached hydrogens (tertiary/aromatic N) is 1. The summed E-state index contributed by atoms with van der Waals surface area (Å²) < 4.78 is 4.89. The first kappa shape index (κ1) is 13.3. The van der Waals surface area contributed by atoms with Gasteiger partial charge in [0.15, 0.2) is 0 Å². The van der Waals surface area contributed by atoms with Gasteiger partial charge in [-0.1, -0.05) is 13.8 Å². The maximum absolute atomic E-state index is 11.3. The molecule has 1 rings (SSSR count). The second kappa shape index (κ2) is 6.74. The van der Waals surface area contributed by atoms with Crippen LogP contribution < -0.4 is 5.32 Å². The Morgan fingerprint density at radius 2 is 2.31 bits per heavy atom. The molecule has 1 heterocycles. The summed E-state index contributed by atoms with van der Waals surface area (Å²) in [6.07, 6.45) is 1.94. The highest BCUT2D eigenvalue weighted by Gasteiger charge is 2.21. The molecule has 1 fully saturated rings. The van der Waals surface area contributed by atoms with Gasteiger partial charge in [-0.15, -0.1) is 0 Å². The summed E-state index contributed by atoms with van der Waals surface area (Å²) in [6, 6.07) is 0.256. The van der Waals surface area contributed by atoms with E-state index in [0.717, 1.165) is 32.5 Å². The Labute approximate surface area is 98.3 Å². The normalized spacial score (nSPS) is 22.1. The second-order valence-corrected chi connectivity index (χ2v) is 4.86. The molecule has 0 aromatic rings. The quantitative estimate of drug-likeness (QED) is 0.798. The van der Waals surface area contributed by atoms with Crippen molar-refractivity contribution >= 4 is 6.09 Å².